The van der Waals surface area contributed by atoms with Gasteiger partial charge in [0.15, 0.2) is 0 Å². The molecule has 7 rings (SSSR count). The molecule has 5 aromatic rings. The van der Waals surface area contributed by atoms with Gasteiger partial charge in [0.1, 0.15) is 0 Å². The van der Waals surface area contributed by atoms with Crippen molar-refractivity contribution in [3.8, 4) is 0 Å². The minimum absolute atomic E-state index is 0.0162. The fourth-order valence-electron chi connectivity index (χ4n) is 6.88. The lowest BCUT2D eigenvalue weighted by atomic mass is 9.77. The number of likely N-dealkylation sites (N-methyl/N-ethyl adjacent to an activating group) is 1. The molecule has 4 heteroatoms. The van der Waals surface area contributed by atoms with E-state index >= 15 is 0 Å². The standard InChI is InChI=1S/C35H35N3O/c1-23(39)36-35-31-6-4-3-5-24(31)7-13-32(35)26-8-12-29-25(21-26)9-14-34-30-16-11-28(22-27(30)10-15-33(29)34)38-19-17-37(2)18-20-38/h3-7,9-11,13-16,22,26H,8,12,17-21H2,1-2H3,(H,36,39). The van der Waals surface area contributed by atoms with Crippen LogP contribution in [-0.4, -0.2) is 44.0 Å². The van der Waals surface area contributed by atoms with E-state index in [4.69, 9.17) is 0 Å². The van der Waals surface area contributed by atoms with Gasteiger partial charge in [0.05, 0.1) is 5.69 Å². The first kappa shape index (κ1) is 24.2. The van der Waals surface area contributed by atoms with Crippen molar-refractivity contribution in [3.05, 3.63) is 95.6 Å². The summed E-state index contributed by atoms with van der Waals surface area (Å²) in [6.45, 7) is 6.02. The minimum atomic E-state index is -0.0162. The molecule has 0 saturated carbocycles. The molecule has 39 heavy (non-hydrogen) atoms. The van der Waals surface area contributed by atoms with Crippen LogP contribution in [0.3, 0.4) is 0 Å². The van der Waals surface area contributed by atoms with Crippen LogP contribution in [0, 0.1) is 0 Å². The summed E-state index contributed by atoms with van der Waals surface area (Å²) in [7, 11) is 2.20. The second-order valence-electron chi connectivity index (χ2n) is 11.4. The molecule has 1 saturated heterocycles. The van der Waals surface area contributed by atoms with Crippen LogP contribution in [-0.2, 0) is 17.6 Å². The van der Waals surface area contributed by atoms with Gasteiger partial charge in [-0.15, -0.1) is 0 Å². The average molecular weight is 514 g/mol. The topological polar surface area (TPSA) is 35.6 Å². The number of anilines is 2. The summed E-state index contributed by atoms with van der Waals surface area (Å²) in [6, 6.07) is 29.2. The Kier molecular flexibility index (Phi) is 6.01. The molecule has 2 aliphatic rings. The summed E-state index contributed by atoms with van der Waals surface area (Å²) < 4.78 is 0. The Balaban J connectivity index is 1.23. The van der Waals surface area contributed by atoms with E-state index in [9.17, 15) is 4.79 Å². The lowest BCUT2D eigenvalue weighted by molar-refractivity contribution is -0.114. The third kappa shape index (κ3) is 4.33. The summed E-state index contributed by atoms with van der Waals surface area (Å²) in [5, 5.41) is 10.9. The van der Waals surface area contributed by atoms with Gasteiger partial charge in [-0.05, 0) is 88.0 Å². The van der Waals surface area contributed by atoms with Crippen LogP contribution in [0.25, 0.3) is 32.3 Å². The number of nitrogens with zero attached hydrogens (tertiary/aromatic N) is 2. The Morgan fingerprint density at radius 2 is 1.56 bits per heavy atom. The molecule has 1 aliphatic carbocycles. The Bertz CT molecular complexity index is 1730. The largest absolute Gasteiger partial charge is 0.369 e. The van der Waals surface area contributed by atoms with Crippen molar-refractivity contribution in [3.63, 3.8) is 0 Å². The average Bonchev–Trinajstić information content (AvgIpc) is 2.96. The van der Waals surface area contributed by atoms with Crippen LogP contribution < -0.4 is 10.2 Å². The predicted octanol–water partition coefficient (Wildman–Crippen LogP) is 7.13. The fourth-order valence-corrected chi connectivity index (χ4v) is 6.88. The Morgan fingerprint density at radius 1 is 0.795 bits per heavy atom. The van der Waals surface area contributed by atoms with E-state index in [1.54, 1.807) is 6.92 Å². The van der Waals surface area contributed by atoms with Crippen LogP contribution in [0.5, 0.6) is 0 Å². The van der Waals surface area contributed by atoms with Gasteiger partial charge >= 0.3 is 0 Å². The molecule has 0 radical (unpaired) electrons. The molecule has 1 atom stereocenters. The van der Waals surface area contributed by atoms with Crippen LogP contribution in [0.1, 0.15) is 36.0 Å². The maximum atomic E-state index is 12.2. The van der Waals surface area contributed by atoms with Gasteiger partial charge in [-0.2, -0.15) is 0 Å². The zero-order valence-electron chi connectivity index (χ0n) is 22.8. The summed E-state index contributed by atoms with van der Waals surface area (Å²) in [5.74, 6) is 0.366. The number of fused-ring (bicyclic) bond motifs is 6. The first-order valence-corrected chi connectivity index (χ1v) is 14.2. The van der Waals surface area contributed by atoms with Gasteiger partial charge in [-0.25, -0.2) is 0 Å². The second kappa shape index (κ2) is 9.69. The normalized spacial score (nSPS) is 18.0. The van der Waals surface area contributed by atoms with E-state index in [1.165, 1.54) is 43.9 Å². The number of rotatable bonds is 3. The van der Waals surface area contributed by atoms with Gasteiger partial charge in [-0.3, -0.25) is 4.79 Å². The van der Waals surface area contributed by atoms with Crippen LogP contribution in [0.4, 0.5) is 11.4 Å². The molecule has 1 fully saturated rings. The lowest BCUT2D eigenvalue weighted by Gasteiger charge is -2.34. The van der Waals surface area contributed by atoms with Crippen molar-refractivity contribution < 1.29 is 4.79 Å². The van der Waals surface area contributed by atoms with Crippen molar-refractivity contribution in [2.45, 2.75) is 32.1 Å². The first-order valence-electron chi connectivity index (χ1n) is 14.2. The SMILES string of the molecule is CC(=O)Nc1c(C2CCc3c(ccc4c3ccc3cc(N5CCN(C)CC5)ccc34)C2)ccc2ccccc12. The molecule has 1 amide bonds. The van der Waals surface area contributed by atoms with Crippen LogP contribution in [0.2, 0.25) is 0 Å². The summed E-state index contributed by atoms with van der Waals surface area (Å²) >= 11 is 0. The van der Waals surface area contributed by atoms with Gasteiger partial charge in [0.25, 0.3) is 0 Å². The van der Waals surface area contributed by atoms with Crippen molar-refractivity contribution >= 4 is 49.6 Å². The molecule has 1 N–H and O–H groups in total. The third-order valence-electron chi connectivity index (χ3n) is 8.99. The monoisotopic (exact) mass is 513 g/mol. The zero-order chi connectivity index (χ0) is 26.5. The maximum absolute atomic E-state index is 12.2. The number of hydrogen-bond donors (Lipinski definition) is 1. The molecule has 4 nitrogen and oxygen atoms in total. The minimum Gasteiger partial charge on any atom is -0.369 e. The number of aryl methyl sites for hydroxylation is 1. The fraction of sp³-hybridized carbons (Fsp3) is 0.286. The number of hydrogen-bond acceptors (Lipinski definition) is 3. The molecule has 0 aromatic heterocycles. The smallest absolute Gasteiger partial charge is 0.221 e. The Labute approximate surface area is 230 Å². The number of piperazine rings is 1. The molecule has 0 spiro atoms. The molecule has 0 bridgehead atoms. The van der Waals surface area contributed by atoms with Gasteiger partial charge < -0.3 is 15.1 Å². The summed E-state index contributed by atoms with van der Waals surface area (Å²) in [6.07, 6.45) is 3.13. The highest BCUT2D eigenvalue weighted by molar-refractivity contribution is 6.09. The second-order valence-corrected chi connectivity index (χ2v) is 11.4. The predicted molar refractivity (Wildman–Crippen MR) is 164 cm³/mol. The number of carbonyl (C=O) groups is 1. The highest BCUT2D eigenvalue weighted by atomic mass is 16.1. The Hall–Kier alpha value is -3.89. The molecule has 196 valence electrons. The number of benzene rings is 5. The maximum Gasteiger partial charge on any atom is 0.221 e. The quantitative estimate of drug-likeness (QED) is 0.261. The molecule has 1 aliphatic heterocycles. The Morgan fingerprint density at radius 3 is 2.41 bits per heavy atom. The van der Waals surface area contributed by atoms with E-state index in [1.807, 2.05) is 0 Å². The van der Waals surface area contributed by atoms with Crippen LogP contribution >= 0.6 is 0 Å². The van der Waals surface area contributed by atoms with Gasteiger partial charge in [0.2, 0.25) is 5.91 Å². The number of amides is 1. The van der Waals surface area contributed by atoms with E-state index in [0.29, 0.717) is 5.92 Å². The number of nitrogens with one attached hydrogen (secondary N) is 1. The van der Waals surface area contributed by atoms with E-state index in [-0.39, 0.29) is 5.91 Å². The lowest BCUT2D eigenvalue weighted by Crippen LogP contribution is -2.44. The molecular formula is C35H35N3O. The van der Waals surface area contributed by atoms with Crippen LogP contribution in [0.15, 0.2) is 78.9 Å². The molecular weight excluding hydrogens is 478 g/mol. The zero-order valence-corrected chi connectivity index (χ0v) is 22.8. The highest BCUT2D eigenvalue weighted by Crippen LogP contribution is 2.42. The van der Waals surface area contributed by atoms with Crippen molar-refractivity contribution in [1.82, 2.24) is 4.90 Å². The van der Waals surface area contributed by atoms with Crippen molar-refractivity contribution in [2.24, 2.45) is 0 Å². The van der Waals surface area contributed by atoms with Crippen molar-refractivity contribution in [1.29, 1.82) is 0 Å². The van der Waals surface area contributed by atoms with Gasteiger partial charge in [-0.1, -0.05) is 66.7 Å². The first-order chi connectivity index (χ1) is 19.0. The summed E-state index contributed by atoms with van der Waals surface area (Å²) in [4.78, 5) is 17.1. The van der Waals surface area contributed by atoms with Crippen molar-refractivity contribution in [2.75, 3.05) is 43.4 Å². The van der Waals surface area contributed by atoms with Gasteiger partial charge in [0, 0.05) is 44.2 Å². The van der Waals surface area contributed by atoms with E-state index < -0.39 is 0 Å². The highest BCUT2D eigenvalue weighted by Gasteiger charge is 2.25. The number of carbonyl (C=O) groups excluding carboxylic acids is 1. The van der Waals surface area contributed by atoms with E-state index in [0.717, 1.165) is 61.9 Å². The molecule has 1 unspecified atom stereocenters. The van der Waals surface area contributed by atoms with E-state index in [2.05, 4.69) is 101 Å². The molecule has 5 aromatic carbocycles. The molecule has 1 heterocycles. The third-order valence-corrected chi connectivity index (χ3v) is 8.99. The summed E-state index contributed by atoms with van der Waals surface area (Å²) in [5.41, 5.74) is 6.51.